The van der Waals surface area contributed by atoms with E-state index in [2.05, 4.69) is 0 Å². The second kappa shape index (κ2) is 3.07. The van der Waals surface area contributed by atoms with E-state index in [-0.39, 0.29) is 0 Å². The van der Waals surface area contributed by atoms with Crippen molar-refractivity contribution in [3.05, 3.63) is 29.8 Å². The van der Waals surface area contributed by atoms with Crippen molar-refractivity contribution in [2.24, 2.45) is 0 Å². The van der Waals surface area contributed by atoms with Crippen LogP contribution in [0.1, 0.15) is 5.56 Å². The van der Waals surface area contributed by atoms with Crippen molar-refractivity contribution in [2.75, 3.05) is 4.05 Å². The van der Waals surface area contributed by atoms with Crippen molar-refractivity contribution in [3.8, 4) is 0 Å². The van der Waals surface area contributed by atoms with Gasteiger partial charge in [-0.3, -0.25) is 0 Å². The van der Waals surface area contributed by atoms with Gasteiger partial charge in [-0.2, -0.15) is 0 Å². The van der Waals surface area contributed by atoms with Crippen molar-refractivity contribution in [2.45, 2.75) is 6.92 Å². The van der Waals surface area contributed by atoms with Gasteiger partial charge in [0.1, 0.15) is 0 Å². The summed E-state index contributed by atoms with van der Waals surface area (Å²) in [5.74, 6) is 0. The summed E-state index contributed by atoms with van der Waals surface area (Å²) in [4.78, 5) is 0. The molecule has 0 unspecified atom stereocenters. The first-order chi connectivity index (χ1) is 4.70. The van der Waals surface area contributed by atoms with Gasteiger partial charge in [-0.15, -0.1) is 0 Å². The Morgan fingerprint density at radius 2 is 1.80 bits per heavy atom. The molecule has 0 amide bonds. The van der Waals surface area contributed by atoms with Crippen molar-refractivity contribution in [1.82, 2.24) is 0 Å². The van der Waals surface area contributed by atoms with Crippen LogP contribution in [0.25, 0.3) is 0 Å². The molecule has 0 spiro atoms. The Bertz CT molecular complexity index is 207. The minimum atomic E-state index is 0.934. The molecule has 10 heavy (non-hydrogen) atoms. The van der Waals surface area contributed by atoms with E-state index in [4.69, 9.17) is 5.21 Å². The third kappa shape index (κ3) is 1.75. The fourth-order valence-corrected chi connectivity index (χ4v) is 0.936. The van der Waals surface area contributed by atoms with Crippen LogP contribution in [0.5, 0.6) is 0 Å². The van der Waals surface area contributed by atoms with Crippen molar-refractivity contribution in [1.29, 1.82) is 0 Å². The summed E-state index contributed by atoms with van der Waals surface area (Å²) < 4.78 is 1.37. The Labute approximate surface area is 68.7 Å². The van der Waals surface area contributed by atoms with Gasteiger partial charge in [0.15, 0.2) is 0 Å². The van der Waals surface area contributed by atoms with E-state index < -0.39 is 0 Å². The Morgan fingerprint density at radius 3 is 2.20 bits per heavy atom. The van der Waals surface area contributed by atoms with Crippen LogP contribution in [0.15, 0.2) is 24.3 Å². The molecular weight excluding hydrogens is 141 g/mol. The summed E-state index contributed by atoms with van der Waals surface area (Å²) in [6.07, 6.45) is 0. The molecule has 3 heteroatoms. The maximum absolute atomic E-state index is 7.23. The van der Waals surface area contributed by atoms with Crippen LogP contribution in [-0.4, -0.2) is 21.7 Å². The first-order valence-electron chi connectivity index (χ1n) is 3.08. The molecule has 0 aliphatic rings. The summed E-state index contributed by atoms with van der Waals surface area (Å²) in [6, 6.07) is 7.89. The Morgan fingerprint density at radius 1 is 1.30 bits per heavy atom. The van der Waals surface area contributed by atoms with Crippen LogP contribution in [0.2, 0.25) is 0 Å². The molecular formula is C7H10AlNO+2. The summed E-state index contributed by atoms with van der Waals surface area (Å²) in [7, 11) is 0. The van der Waals surface area contributed by atoms with Crippen molar-refractivity contribution < 1.29 is 5.21 Å². The molecule has 50 valence electrons. The summed E-state index contributed by atoms with van der Waals surface area (Å²) >= 11 is 1.52. The van der Waals surface area contributed by atoms with E-state index in [0.29, 0.717) is 0 Å². The quantitative estimate of drug-likeness (QED) is 0.321. The van der Waals surface area contributed by atoms with Gasteiger partial charge >= 0.3 is 68.2 Å². The van der Waals surface area contributed by atoms with Gasteiger partial charge in [0.2, 0.25) is 0 Å². The number of aryl methyl sites for hydroxylation is 1. The molecule has 1 aromatic rings. The zero-order valence-corrected chi connectivity index (χ0v) is 7.38. The molecule has 0 saturated carbocycles. The van der Waals surface area contributed by atoms with Gasteiger partial charge in [-0.1, -0.05) is 0 Å². The zero-order valence-electron chi connectivity index (χ0n) is 5.96. The van der Waals surface area contributed by atoms with E-state index in [1.807, 2.05) is 31.2 Å². The molecule has 0 fully saturated rings. The van der Waals surface area contributed by atoms with Crippen LogP contribution < -0.4 is 4.05 Å². The number of hydrogen-bond acceptors (Lipinski definition) is 1. The van der Waals surface area contributed by atoms with Crippen LogP contribution in [0.3, 0.4) is 0 Å². The third-order valence-electron chi connectivity index (χ3n) is 1.35. The van der Waals surface area contributed by atoms with Crippen LogP contribution in [-0.2, 0) is 0 Å². The van der Waals surface area contributed by atoms with Gasteiger partial charge in [-0.05, 0) is 0 Å². The molecule has 0 atom stereocenters. The number of benzene rings is 1. The molecule has 0 bridgehead atoms. The Kier molecular flexibility index (Phi) is 2.34. The number of nitrogens with zero attached hydrogens (tertiary/aromatic N) is 1. The Hall–Kier alpha value is -0.488. The molecule has 0 aliphatic heterocycles. The molecule has 1 aromatic carbocycles. The summed E-state index contributed by atoms with van der Waals surface area (Å²) in [5.41, 5.74) is 2.16. The van der Waals surface area contributed by atoms with Gasteiger partial charge in [-0.25, -0.2) is 0 Å². The first-order valence-corrected chi connectivity index (χ1v) is 3.72. The Balaban J connectivity index is 2.89. The van der Waals surface area contributed by atoms with E-state index in [9.17, 15) is 0 Å². The van der Waals surface area contributed by atoms with Gasteiger partial charge in [0.25, 0.3) is 0 Å². The van der Waals surface area contributed by atoms with E-state index >= 15 is 0 Å². The average molecular weight is 151 g/mol. The predicted octanol–water partition coefficient (Wildman–Crippen LogP) is 0.257. The molecule has 1 rings (SSSR count). The third-order valence-corrected chi connectivity index (χ3v) is 1.71. The molecule has 2 nitrogen and oxygen atoms in total. The van der Waals surface area contributed by atoms with Crippen molar-refractivity contribution >= 4 is 22.2 Å². The fourth-order valence-electron chi connectivity index (χ4n) is 0.725. The SMILES string of the molecule is Cc1ccc([N]([OH2+])[AlH+])cc1. The zero-order chi connectivity index (χ0) is 7.56. The van der Waals surface area contributed by atoms with Crippen LogP contribution in [0.4, 0.5) is 5.69 Å². The number of hydrogen-bond donors (Lipinski definition) is 0. The maximum atomic E-state index is 7.23. The van der Waals surface area contributed by atoms with E-state index in [0.717, 1.165) is 5.69 Å². The molecule has 0 radical (unpaired) electrons. The molecule has 0 aliphatic carbocycles. The minimum absolute atomic E-state index is 0.934. The topological polar surface area (TPSA) is 26.1 Å². The van der Waals surface area contributed by atoms with E-state index in [1.165, 1.54) is 26.1 Å². The average Bonchev–Trinajstić information content (AvgIpc) is 1.88. The summed E-state index contributed by atoms with van der Waals surface area (Å²) in [5, 5.41) is 7.23. The normalized spacial score (nSPS) is 9.30. The molecule has 2 N–H and O–H groups in total. The number of anilines is 1. The van der Waals surface area contributed by atoms with Gasteiger partial charge in [0, 0.05) is 0 Å². The second-order valence-corrected chi connectivity index (χ2v) is 2.90. The monoisotopic (exact) mass is 151 g/mol. The fraction of sp³-hybridized carbons (Fsp3) is 0.143. The first kappa shape index (κ1) is 7.62. The van der Waals surface area contributed by atoms with Gasteiger partial charge in [0.05, 0.1) is 0 Å². The standard InChI is InChI=1S/C7H9NO.Al.H/c1-6-2-4-7(8-9)5-3-6;;/h2-5H,9H2,1H3;;/q;+2;. The molecule has 0 aromatic heterocycles. The second-order valence-electron chi connectivity index (χ2n) is 2.26. The van der Waals surface area contributed by atoms with Crippen LogP contribution in [0, 0.1) is 6.92 Å². The van der Waals surface area contributed by atoms with Crippen LogP contribution >= 0.6 is 0 Å². The molecule has 0 saturated heterocycles. The van der Waals surface area contributed by atoms with Crippen molar-refractivity contribution in [3.63, 3.8) is 0 Å². The molecule has 0 heterocycles. The summed E-state index contributed by atoms with van der Waals surface area (Å²) in [6.45, 7) is 2.04. The van der Waals surface area contributed by atoms with Gasteiger partial charge < -0.3 is 0 Å². The number of rotatable bonds is 1. The predicted molar refractivity (Wildman–Crippen MR) is 44.4 cm³/mol. The van der Waals surface area contributed by atoms with E-state index in [1.54, 1.807) is 0 Å².